The fraction of sp³-hybridized carbons (Fsp3) is 0.467. The molecule has 0 atom stereocenters. The Balaban J connectivity index is 2.04. The number of hydrogen-bond donors (Lipinski definition) is 0. The Morgan fingerprint density at radius 3 is 2.32 bits per heavy atom. The molecule has 4 heteroatoms. The van der Waals surface area contributed by atoms with Gasteiger partial charge in [0.1, 0.15) is 5.41 Å². The van der Waals surface area contributed by atoms with Gasteiger partial charge in [-0.15, -0.1) is 0 Å². The normalized spacial score (nSPS) is 15.7. The van der Waals surface area contributed by atoms with Crippen LogP contribution in [0.2, 0.25) is 0 Å². The lowest BCUT2D eigenvalue weighted by molar-refractivity contribution is -0.155. The van der Waals surface area contributed by atoms with E-state index in [1.54, 1.807) is 11.9 Å². The molecule has 102 valence electrons. The number of ether oxygens (including phenoxy) is 1. The Hall–Kier alpha value is -1.84. The summed E-state index contributed by atoms with van der Waals surface area (Å²) in [6, 6.07) is 8.02. The van der Waals surface area contributed by atoms with Crippen molar-refractivity contribution in [2.24, 2.45) is 5.41 Å². The molecule has 1 aliphatic rings. The van der Waals surface area contributed by atoms with Crippen molar-refractivity contribution in [2.45, 2.75) is 26.3 Å². The number of benzene rings is 1. The topological polar surface area (TPSA) is 46.6 Å². The van der Waals surface area contributed by atoms with Crippen LogP contribution in [0.25, 0.3) is 0 Å². The van der Waals surface area contributed by atoms with E-state index in [0.717, 1.165) is 5.56 Å². The zero-order valence-electron chi connectivity index (χ0n) is 11.6. The molecule has 1 aromatic rings. The highest BCUT2D eigenvalue weighted by molar-refractivity contribution is 6.05. The van der Waals surface area contributed by atoms with Gasteiger partial charge in [-0.1, -0.05) is 29.8 Å². The van der Waals surface area contributed by atoms with Crippen LogP contribution in [0.15, 0.2) is 24.3 Å². The van der Waals surface area contributed by atoms with Gasteiger partial charge in [-0.2, -0.15) is 0 Å². The molecule has 0 aromatic heterocycles. The largest absolute Gasteiger partial charge is 0.468 e. The number of methoxy groups -OCH3 is 1. The number of aryl methyl sites for hydroxylation is 1. The van der Waals surface area contributed by atoms with Crippen molar-refractivity contribution in [1.29, 1.82) is 0 Å². The molecule has 2 rings (SSSR count). The van der Waals surface area contributed by atoms with Crippen LogP contribution in [0.5, 0.6) is 0 Å². The first-order valence-corrected chi connectivity index (χ1v) is 6.39. The van der Waals surface area contributed by atoms with Crippen LogP contribution in [0.1, 0.15) is 24.0 Å². The van der Waals surface area contributed by atoms with Crippen LogP contribution < -0.4 is 0 Å². The Labute approximate surface area is 113 Å². The molecule has 0 radical (unpaired) electrons. The maximum atomic E-state index is 12.3. The quantitative estimate of drug-likeness (QED) is 0.614. The summed E-state index contributed by atoms with van der Waals surface area (Å²) in [5.41, 5.74) is 1.34. The van der Waals surface area contributed by atoms with Crippen LogP contribution in [0.3, 0.4) is 0 Å². The molecule has 1 fully saturated rings. The van der Waals surface area contributed by atoms with Gasteiger partial charge in [-0.25, -0.2) is 0 Å². The minimum Gasteiger partial charge on any atom is -0.468 e. The van der Waals surface area contributed by atoms with Gasteiger partial charge in [-0.3, -0.25) is 9.59 Å². The molecular formula is C15H19NO3. The number of carbonyl (C=O) groups is 2. The van der Waals surface area contributed by atoms with Crippen molar-refractivity contribution in [3.05, 3.63) is 35.4 Å². The van der Waals surface area contributed by atoms with Gasteiger partial charge in [0.2, 0.25) is 5.91 Å². The summed E-state index contributed by atoms with van der Waals surface area (Å²) in [5.74, 6) is -0.548. The van der Waals surface area contributed by atoms with Gasteiger partial charge in [0, 0.05) is 13.6 Å². The number of hydrogen-bond acceptors (Lipinski definition) is 3. The zero-order chi connectivity index (χ0) is 14.0. The molecule has 0 heterocycles. The molecule has 19 heavy (non-hydrogen) atoms. The standard InChI is InChI=1S/C15H19NO3/c1-11-4-6-12(7-5-11)10-16(2)13(17)15(8-9-15)14(18)19-3/h4-7H,8-10H2,1-3H3. The van der Waals surface area contributed by atoms with E-state index >= 15 is 0 Å². The molecule has 1 saturated carbocycles. The maximum Gasteiger partial charge on any atom is 0.321 e. The molecule has 0 saturated heterocycles. The lowest BCUT2D eigenvalue weighted by atomic mass is 10.1. The summed E-state index contributed by atoms with van der Waals surface area (Å²) in [6.07, 6.45) is 1.19. The average Bonchev–Trinajstić information content (AvgIpc) is 3.21. The van der Waals surface area contributed by atoms with Gasteiger partial charge in [0.25, 0.3) is 0 Å². The molecular weight excluding hydrogens is 242 g/mol. The Morgan fingerprint density at radius 2 is 1.84 bits per heavy atom. The number of carbonyl (C=O) groups excluding carboxylic acids is 2. The first kappa shape index (κ1) is 13.6. The van der Waals surface area contributed by atoms with Gasteiger partial charge >= 0.3 is 5.97 Å². The van der Waals surface area contributed by atoms with Crippen LogP contribution in [0.4, 0.5) is 0 Å². The molecule has 0 aliphatic heterocycles. The fourth-order valence-corrected chi connectivity index (χ4v) is 2.23. The molecule has 1 amide bonds. The predicted molar refractivity (Wildman–Crippen MR) is 71.3 cm³/mol. The van der Waals surface area contributed by atoms with E-state index in [-0.39, 0.29) is 5.91 Å². The van der Waals surface area contributed by atoms with E-state index in [0.29, 0.717) is 19.4 Å². The van der Waals surface area contributed by atoms with E-state index in [4.69, 9.17) is 4.74 Å². The smallest absolute Gasteiger partial charge is 0.321 e. The van der Waals surface area contributed by atoms with Crippen molar-refractivity contribution < 1.29 is 14.3 Å². The zero-order valence-corrected chi connectivity index (χ0v) is 11.6. The first-order valence-electron chi connectivity index (χ1n) is 6.39. The second-order valence-corrected chi connectivity index (χ2v) is 5.22. The number of esters is 1. The highest BCUT2D eigenvalue weighted by Crippen LogP contribution is 2.48. The fourth-order valence-electron chi connectivity index (χ4n) is 2.23. The van der Waals surface area contributed by atoms with Crippen molar-refractivity contribution >= 4 is 11.9 Å². The average molecular weight is 261 g/mol. The Bertz CT molecular complexity index is 489. The van der Waals surface area contributed by atoms with Gasteiger partial charge in [-0.05, 0) is 25.3 Å². The van der Waals surface area contributed by atoms with E-state index in [1.165, 1.54) is 12.7 Å². The van der Waals surface area contributed by atoms with Crippen LogP contribution >= 0.6 is 0 Å². The lowest BCUT2D eigenvalue weighted by Crippen LogP contribution is -2.38. The first-order chi connectivity index (χ1) is 8.99. The van der Waals surface area contributed by atoms with Crippen molar-refractivity contribution in [3.63, 3.8) is 0 Å². The predicted octanol–water partition coefficient (Wildman–Crippen LogP) is 1.91. The summed E-state index contributed by atoms with van der Waals surface area (Å²) in [7, 11) is 3.06. The van der Waals surface area contributed by atoms with E-state index in [2.05, 4.69) is 0 Å². The Kier molecular flexibility index (Phi) is 3.60. The minimum absolute atomic E-state index is 0.139. The van der Waals surface area contributed by atoms with Crippen LogP contribution in [0, 0.1) is 12.3 Å². The third kappa shape index (κ3) is 2.62. The monoisotopic (exact) mass is 261 g/mol. The highest BCUT2D eigenvalue weighted by Gasteiger charge is 2.58. The molecule has 4 nitrogen and oxygen atoms in total. The minimum atomic E-state index is -0.909. The van der Waals surface area contributed by atoms with Gasteiger partial charge in [0.15, 0.2) is 0 Å². The molecule has 1 aliphatic carbocycles. The van der Waals surface area contributed by atoms with Gasteiger partial charge in [0.05, 0.1) is 7.11 Å². The SMILES string of the molecule is COC(=O)C1(C(=O)N(C)Cc2ccc(C)cc2)CC1. The van der Waals surface area contributed by atoms with Crippen molar-refractivity contribution in [1.82, 2.24) is 4.90 Å². The van der Waals surface area contributed by atoms with Crippen LogP contribution in [-0.4, -0.2) is 30.9 Å². The number of amides is 1. The molecule has 0 spiro atoms. The summed E-state index contributed by atoms with van der Waals surface area (Å²) in [6.45, 7) is 2.53. The second-order valence-electron chi connectivity index (χ2n) is 5.22. The third-order valence-corrected chi connectivity index (χ3v) is 3.62. The summed E-state index contributed by atoms with van der Waals surface area (Å²) in [5, 5.41) is 0. The summed E-state index contributed by atoms with van der Waals surface area (Å²) in [4.78, 5) is 25.6. The molecule has 0 N–H and O–H groups in total. The highest BCUT2D eigenvalue weighted by atomic mass is 16.5. The maximum absolute atomic E-state index is 12.3. The van der Waals surface area contributed by atoms with Crippen molar-refractivity contribution in [3.8, 4) is 0 Å². The summed E-state index contributed by atoms with van der Waals surface area (Å²) >= 11 is 0. The Morgan fingerprint density at radius 1 is 1.26 bits per heavy atom. The van der Waals surface area contributed by atoms with E-state index < -0.39 is 11.4 Å². The van der Waals surface area contributed by atoms with Crippen LogP contribution in [-0.2, 0) is 20.9 Å². The van der Waals surface area contributed by atoms with Gasteiger partial charge < -0.3 is 9.64 Å². The number of nitrogens with zero attached hydrogens (tertiary/aromatic N) is 1. The molecule has 1 aromatic carbocycles. The second kappa shape index (κ2) is 5.03. The van der Waals surface area contributed by atoms with Crippen molar-refractivity contribution in [2.75, 3.05) is 14.2 Å². The third-order valence-electron chi connectivity index (χ3n) is 3.62. The lowest BCUT2D eigenvalue weighted by Gasteiger charge is -2.22. The van der Waals surface area contributed by atoms with E-state index in [9.17, 15) is 9.59 Å². The molecule has 0 unspecified atom stereocenters. The number of rotatable bonds is 4. The summed E-state index contributed by atoms with van der Waals surface area (Å²) < 4.78 is 4.73. The molecule has 0 bridgehead atoms. The van der Waals surface area contributed by atoms with E-state index in [1.807, 2.05) is 31.2 Å².